The minimum atomic E-state index is -0.744. The molecule has 1 rings (SSSR count). The van der Waals surface area contributed by atoms with Crippen molar-refractivity contribution in [3.63, 3.8) is 0 Å². The highest BCUT2D eigenvalue weighted by Gasteiger charge is 2.23. The number of hydrogen-bond acceptors (Lipinski definition) is 9. The van der Waals surface area contributed by atoms with Crippen LogP contribution in [0.2, 0.25) is 0 Å². The van der Waals surface area contributed by atoms with Gasteiger partial charge in [0, 0.05) is 7.11 Å². The number of hydrogen-bond donors (Lipinski definition) is 3. The number of methoxy groups -OCH3 is 2. The fourth-order valence-corrected chi connectivity index (χ4v) is 0.823. The highest BCUT2D eigenvalue weighted by molar-refractivity contribution is 6.18. The van der Waals surface area contributed by atoms with Crippen molar-refractivity contribution in [2.45, 2.75) is 12.2 Å². The molecule has 134 valence electrons. The zero-order valence-corrected chi connectivity index (χ0v) is 14.0. The van der Waals surface area contributed by atoms with E-state index in [-0.39, 0.29) is 18.6 Å². The topological polar surface area (TPSA) is 132 Å². The van der Waals surface area contributed by atoms with E-state index in [1.807, 2.05) is 0 Å². The van der Waals surface area contributed by atoms with Gasteiger partial charge in [-0.1, -0.05) is 0 Å². The van der Waals surface area contributed by atoms with Crippen LogP contribution in [0.4, 0.5) is 9.59 Å². The maximum absolute atomic E-state index is 10.1. The van der Waals surface area contributed by atoms with Crippen LogP contribution in [0.1, 0.15) is 0 Å². The van der Waals surface area contributed by atoms with Crippen molar-refractivity contribution >= 4 is 35.5 Å². The van der Waals surface area contributed by atoms with Gasteiger partial charge in [-0.3, -0.25) is 0 Å². The van der Waals surface area contributed by atoms with E-state index in [4.69, 9.17) is 38.5 Å². The third-order valence-electron chi connectivity index (χ3n) is 1.54. The monoisotopic (exact) mass is 368 g/mol. The maximum atomic E-state index is 10.1. The first-order valence-corrected chi connectivity index (χ1v) is 6.82. The molecule has 0 aromatic heterocycles. The van der Waals surface area contributed by atoms with Gasteiger partial charge in [0.2, 0.25) is 0 Å². The molecule has 1 aliphatic heterocycles. The van der Waals surface area contributed by atoms with Crippen molar-refractivity contribution in [3.8, 4) is 0 Å². The Hall–Kier alpha value is -1.00. The second-order valence-electron chi connectivity index (χ2n) is 3.10. The summed E-state index contributed by atoms with van der Waals surface area (Å²) in [4.78, 5) is 19.8. The number of aliphatic hydroxyl groups excluding tert-OH is 3. The van der Waals surface area contributed by atoms with E-state index < -0.39 is 18.4 Å². The Bertz CT molecular complexity index is 256. The fourth-order valence-electron chi connectivity index (χ4n) is 0.573. The first-order valence-electron chi connectivity index (χ1n) is 5.75. The van der Waals surface area contributed by atoms with Gasteiger partial charge in [0.25, 0.3) is 0 Å². The minimum Gasteiger partial charge on any atom is -0.438 e. The summed E-state index contributed by atoms with van der Waals surface area (Å²) >= 11 is 10.4. The van der Waals surface area contributed by atoms with E-state index in [2.05, 4.69) is 18.9 Å². The van der Waals surface area contributed by atoms with Crippen molar-refractivity contribution < 1.29 is 43.9 Å². The van der Waals surface area contributed by atoms with Gasteiger partial charge in [-0.2, -0.15) is 0 Å². The van der Waals surface area contributed by atoms with Crippen LogP contribution < -0.4 is 0 Å². The summed E-state index contributed by atoms with van der Waals surface area (Å²) in [5.74, 6) is 0.419. The molecule has 0 aromatic rings. The van der Waals surface area contributed by atoms with E-state index in [1.54, 1.807) is 0 Å². The molecule has 1 aliphatic rings. The molecule has 0 aromatic carbocycles. The maximum Gasteiger partial charge on any atom is 0.508 e. The summed E-state index contributed by atoms with van der Waals surface area (Å²) in [7, 11) is 3.51. The van der Waals surface area contributed by atoms with Crippen molar-refractivity contribution in [3.05, 3.63) is 0 Å². The zero-order valence-electron chi connectivity index (χ0n) is 12.5. The second kappa shape index (κ2) is 20.0. The first kappa shape index (κ1) is 25.9. The van der Waals surface area contributed by atoms with Crippen LogP contribution in [-0.2, 0) is 18.9 Å². The Labute approximate surface area is 138 Å². The average Bonchev–Trinajstić information content (AvgIpc) is 3.01. The molecular weight excluding hydrogens is 347 g/mol. The largest absolute Gasteiger partial charge is 0.508 e. The molecular formula is C11H22Cl2O9. The minimum absolute atomic E-state index is 0.108. The van der Waals surface area contributed by atoms with E-state index in [0.717, 1.165) is 7.11 Å². The van der Waals surface area contributed by atoms with Crippen LogP contribution in [0.3, 0.4) is 0 Å². The molecule has 2 unspecified atom stereocenters. The Morgan fingerprint density at radius 1 is 1.36 bits per heavy atom. The Kier molecular flexibility index (Phi) is 23.6. The van der Waals surface area contributed by atoms with Crippen molar-refractivity contribution in [2.24, 2.45) is 0 Å². The lowest BCUT2D eigenvalue weighted by molar-refractivity contribution is 0.0924. The lowest BCUT2D eigenvalue weighted by Crippen LogP contribution is -2.12. The normalized spacial score (nSPS) is 16.0. The van der Waals surface area contributed by atoms with Crippen LogP contribution in [0.25, 0.3) is 0 Å². The lowest BCUT2D eigenvalue weighted by atomic mass is 10.4. The lowest BCUT2D eigenvalue weighted by Gasteiger charge is -1.95. The number of ether oxygens (including phenoxy) is 4. The molecule has 0 bridgehead atoms. The molecule has 2 atom stereocenters. The molecule has 0 aliphatic carbocycles. The number of halogens is 2. The smallest absolute Gasteiger partial charge is 0.438 e. The highest BCUT2D eigenvalue weighted by atomic mass is 35.5. The highest BCUT2D eigenvalue weighted by Crippen LogP contribution is 2.06. The quantitative estimate of drug-likeness (QED) is 0.476. The molecule has 0 radical (unpaired) electrons. The predicted octanol–water partition coefficient (Wildman–Crippen LogP) is 0.347. The molecule has 0 saturated carbocycles. The Morgan fingerprint density at radius 2 is 1.86 bits per heavy atom. The van der Waals surface area contributed by atoms with Gasteiger partial charge in [-0.15, -0.1) is 23.2 Å². The predicted molar refractivity (Wildman–Crippen MR) is 78.3 cm³/mol. The number of alkyl halides is 2. The molecule has 3 N–H and O–H groups in total. The van der Waals surface area contributed by atoms with E-state index in [1.165, 1.54) is 14.2 Å². The number of carbonyl (C=O) groups is 2. The Balaban J connectivity index is -0.000000237. The second-order valence-corrected chi connectivity index (χ2v) is 3.72. The molecule has 22 heavy (non-hydrogen) atoms. The van der Waals surface area contributed by atoms with Crippen LogP contribution in [0, 0.1) is 0 Å². The van der Waals surface area contributed by atoms with Gasteiger partial charge in [0.1, 0.15) is 6.61 Å². The fraction of sp³-hybridized carbons (Fsp3) is 0.818. The van der Waals surface area contributed by atoms with E-state index in [9.17, 15) is 9.59 Å². The number of aliphatic hydroxyl groups is 3. The van der Waals surface area contributed by atoms with Crippen molar-refractivity contribution in [1.29, 1.82) is 0 Å². The summed E-state index contributed by atoms with van der Waals surface area (Å²) in [6.45, 7) is 0.0475. The van der Waals surface area contributed by atoms with Crippen LogP contribution in [0.15, 0.2) is 0 Å². The molecule has 1 fully saturated rings. The average molecular weight is 369 g/mol. The summed E-state index contributed by atoms with van der Waals surface area (Å²) in [6.07, 6.45) is -2.25. The SMILES string of the molecule is CO.COC(=O)OC.O=C1OCC(CCl)O1.OCC(O)CCl. The number of carbonyl (C=O) groups excluding carboxylic acids is 2. The van der Waals surface area contributed by atoms with Gasteiger partial charge in [-0.05, 0) is 0 Å². The van der Waals surface area contributed by atoms with Gasteiger partial charge in [0.05, 0.1) is 38.7 Å². The molecule has 1 heterocycles. The molecule has 0 amide bonds. The zero-order chi connectivity index (χ0) is 18.0. The third-order valence-corrected chi connectivity index (χ3v) is 2.24. The standard InChI is InChI=1S/C4H5ClO3.C3H7ClO2.C3H6O3.CH4O/c5-1-3-2-7-4(6)8-3;4-1-3(6)2-5;1-5-3(4)6-2;1-2/h3H,1-2H2;3,5-6H,1-2H2;1-2H3;2H,1H3. The van der Waals surface area contributed by atoms with Crippen LogP contribution in [0.5, 0.6) is 0 Å². The summed E-state index contributed by atoms with van der Waals surface area (Å²) < 4.78 is 17.0. The third kappa shape index (κ3) is 19.0. The molecule has 1 saturated heterocycles. The van der Waals surface area contributed by atoms with Crippen molar-refractivity contribution in [2.75, 3.05) is 46.3 Å². The van der Waals surface area contributed by atoms with E-state index >= 15 is 0 Å². The summed E-state index contributed by atoms with van der Waals surface area (Å²) in [5.41, 5.74) is 0. The molecule has 11 heteroatoms. The van der Waals surface area contributed by atoms with Gasteiger partial charge in [0.15, 0.2) is 6.10 Å². The Morgan fingerprint density at radius 3 is 1.95 bits per heavy atom. The molecule has 9 nitrogen and oxygen atoms in total. The number of rotatable bonds is 3. The van der Waals surface area contributed by atoms with E-state index in [0.29, 0.717) is 12.5 Å². The molecule has 0 spiro atoms. The summed E-state index contributed by atoms with van der Waals surface area (Å²) in [5, 5.41) is 23.3. The van der Waals surface area contributed by atoms with Crippen LogP contribution >= 0.6 is 23.2 Å². The summed E-state index contributed by atoms with van der Waals surface area (Å²) in [6, 6.07) is 0. The first-order chi connectivity index (χ1) is 10.4. The van der Waals surface area contributed by atoms with Gasteiger partial charge in [-0.25, -0.2) is 9.59 Å². The number of cyclic esters (lactones) is 2. The van der Waals surface area contributed by atoms with Gasteiger partial charge >= 0.3 is 12.3 Å². The van der Waals surface area contributed by atoms with Crippen LogP contribution in [-0.4, -0.2) is 86.1 Å². The van der Waals surface area contributed by atoms with Gasteiger partial charge < -0.3 is 34.3 Å². The van der Waals surface area contributed by atoms with Crippen molar-refractivity contribution in [1.82, 2.24) is 0 Å².